The molecule has 1 aromatic carbocycles. The van der Waals surface area contributed by atoms with Gasteiger partial charge in [0.25, 0.3) is 0 Å². The average Bonchev–Trinajstić information content (AvgIpc) is 2.34. The molecule has 0 unspecified atom stereocenters. The van der Waals surface area contributed by atoms with E-state index in [9.17, 15) is 23.3 Å². The van der Waals surface area contributed by atoms with Crippen molar-refractivity contribution in [3.8, 4) is 5.75 Å². The molecule has 106 valence electrons. The van der Waals surface area contributed by atoms with Crippen LogP contribution in [0.15, 0.2) is 18.2 Å². The van der Waals surface area contributed by atoms with Crippen LogP contribution in [-0.4, -0.2) is 21.7 Å². The van der Waals surface area contributed by atoms with Crippen molar-refractivity contribution in [3.63, 3.8) is 0 Å². The lowest BCUT2D eigenvalue weighted by molar-refractivity contribution is -0.386. The molecule has 0 amide bonds. The van der Waals surface area contributed by atoms with Crippen LogP contribution in [0, 0.1) is 10.1 Å². The van der Waals surface area contributed by atoms with Gasteiger partial charge in [0.15, 0.2) is 5.75 Å². The van der Waals surface area contributed by atoms with Crippen molar-refractivity contribution in [3.05, 3.63) is 33.9 Å². The minimum atomic E-state index is -4.63. The Labute approximate surface area is 123 Å². The first-order valence-electron chi connectivity index (χ1n) is 4.94. The fourth-order valence-corrected chi connectivity index (χ4v) is 1.50. The molecule has 0 saturated heterocycles. The molecule has 0 heterocycles. The maximum Gasteiger partial charge on any atom is 0.416 e. The second-order valence-electron chi connectivity index (χ2n) is 3.50. The third-order valence-electron chi connectivity index (χ3n) is 2.07. The van der Waals surface area contributed by atoms with E-state index < -0.39 is 22.4 Å². The number of nitro groups is 1. The molecular formula is C10H8Br2F3NO3. The number of nitrogens with zero attached hydrogens (tertiary/aromatic N) is 1. The van der Waals surface area contributed by atoms with Crippen molar-refractivity contribution < 1.29 is 22.8 Å². The highest BCUT2D eigenvalue weighted by atomic mass is 79.9. The zero-order valence-corrected chi connectivity index (χ0v) is 12.5. The normalized spacial score (nSPS) is 13.1. The van der Waals surface area contributed by atoms with Gasteiger partial charge >= 0.3 is 11.9 Å². The molecule has 4 nitrogen and oxygen atoms in total. The molecule has 0 aromatic heterocycles. The van der Waals surface area contributed by atoms with Gasteiger partial charge in [0.1, 0.15) is 6.61 Å². The maximum absolute atomic E-state index is 12.5. The predicted molar refractivity (Wildman–Crippen MR) is 70.1 cm³/mol. The number of hydrogen-bond donors (Lipinski definition) is 0. The van der Waals surface area contributed by atoms with E-state index in [2.05, 4.69) is 31.9 Å². The van der Waals surface area contributed by atoms with Crippen LogP contribution in [0.25, 0.3) is 0 Å². The minimum absolute atomic E-state index is 0.0947. The lowest BCUT2D eigenvalue weighted by Crippen LogP contribution is -2.13. The van der Waals surface area contributed by atoms with Crippen molar-refractivity contribution in [2.45, 2.75) is 11.0 Å². The van der Waals surface area contributed by atoms with Crippen molar-refractivity contribution in [1.82, 2.24) is 0 Å². The van der Waals surface area contributed by atoms with Gasteiger partial charge < -0.3 is 4.74 Å². The standard InChI is InChI=1S/C10H8Br2F3NO3/c11-4-7(12)5-19-9-2-1-6(10(13,14)15)3-8(9)16(17)18/h1-3,7H,4-5H2/t7-/m1/s1. The largest absolute Gasteiger partial charge is 0.486 e. The Morgan fingerprint density at radius 2 is 2.05 bits per heavy atom. The van der Waals surface area contributed by atoms with Gasteiger partial charge in [-0.3, -0.25) is 10.1 Å². The number of nitro benzene ring substituents is 1. The molecule has 1 atom stereocenters. The summed E-state index contributed by atoms with van der Waals surface area (Å²) in [6.07, 6.45) is -4.63. The van der Waals surface area contributed by atoms with Gasteiger partial charge in [-0.1, -0.05) is 31.9 Å². The topological polar surface area (TPSA) is 52.4 Å². The van der Waals surface area contributed by atoms with E-state index in [1.54, 1.807) is 0 Å². The van der Waals surface area contributed by atoms with E-state index in [-0.39, 0.29) is 17.2 Å². The molecule has 9 heteroatoms. The van der Waals surface area contributed by atoms with Crippen LogP contribution in [-0.2, 0) is 6.18 Å². The van der Waals surface area contributed by atoms with Crippen LogP contribution in [0.1, 0.15) is 5.56 Å². The summed E-state index contributed by atoms with van der Waals surface area (Å²) < 4.78 is 42.5. The molecule has 0 bridgehead atoms. The Morgan fingerprint density at radius 3 is 2.53 bits per heavy atom. The summed E-state index contributed by atoms with van der Waals surface area (Å²) in [6.45, 7) is 0.0947. The lowest BCUT2D eigenvalue weighted by Gasteiger charge is -2.11. The highest BCUT2D eigenvalue weighted by Crippen LogP contribution is 2.36. The molecule has 0 aliphatic heterocycles. The molecule has 1 aromatic rings. The zero-order valence-electron chi connectivity index (χ0n) is 9.29. The number of halogens is 5. The van der Waals surface area contributed by atoms with Gasteiger partial charge in [0, 0.05) is 11.4 Å². The van der Waals surface area contributed by atoms with Gasteiger partial charge in [0.2, 0.25) is 0 Å². The molecular weight excluding hydrogens is 399 g/mol. The van der Waals surface area contributed by atoms with Gasteiger partial charge in [0.05, 0.1) is 15.3 Å². The fraction of sp³-hybridized carbons (Fsp3) is 0.400. The van der Waals surface area contributed by atoms with Crippen LogP contribution in [0.3, 0.4) is 0 Å². The monoisotopic (exact) mass is 405 g/mol. The number of ether oxygens (including phenoxy) is 1. The van der Waals surface area contributed by atoms with E-state index in [0.717, 1.165) is 12.1 Å². The summed E-state index contributed by atoms with van der Waals surface area (Å²) in [6, 6.07) is 2.17. The first-order chi connectivity index (χ1) is 8.75. The molecule has 0 saturated carbocycles. The van der Waals surface area contributed by atoms with Gasteiger partial charge in [-0.25, -0.2) is 0 Å². The first-order valence-corrected chi connectivity index (χ1v) is 6.98. The Kier molecular flexibility index (Phi) is 5.60. The Bertz CT molecular complexity index is 468. The molecule has 1 rings (SSSR count). The Hall–Kier alpha value is -0.830. The molecule has 0 radical (unpaired) electrons. The molecule has 0 N–H and O–H groups in total. The molecule has 0 aliphatic carbocycles. The smallest absolute Gasteiger partial charge is 0.416 e. The van der Waals surface area contributed by atoms with Crippen LogP contribution < -0.4 is 4.74 Å². The summed E-state index contributed by atoms with van der Waals surface area (Å²) in [5.74, 6) is -0.191. The quantitative estimate of drug-likeness (QED) is 0.419. The summed E-state index contributed by atoms with van der Waals surface area (Å²) in [7, 11) is 0. The maximum atomic E-state index is 12.5. The number of hydrogen-bond acceptors (Lipinski definition) is 3. The predicted octanol–water partition coefficient (Wildman–Crippen LogP) is 4.15. The molecule has 19 heavy (non-hydrogen) atoms. The highest BCUT2D eigenvalue weighted by Gasteiger charge is 2.33. The van der Waals surface area contributed by atoms with Crippen molar-refractivity contribution >= 4 is 37.5 Å². The number of benzene rings is 1. The van der Waals surface area contributed by atoms with Crippen molar-refractivity contribution in [2.75, 3.05) is 11.9 Å². The van der Waals surface area contributed by atoms with Gasteiger partial charge in [-0.2, -0.15) is 13.2 Å². The molecule has 0 fully saturated rings. The third kappa shape index (κ3) is 4.64. The number of alkyl halides is 5. The van der Waals surface area contributed by atoms with Crippen LogP contribution >= 0.6 is 31.9 Å². The molecule has 0 spiro atoms. The average molecular weight is 407 g/mol. The lowest BCUT2D eigenvalue weighted by atomic mass is 10.2. The summed E-state index contributed by atoms with van der Waals surface area (Å²) in [4.78, 5) is 9.75. The second-order valence-corrected chi connectivity index (χ2v) is 5.44. The van der Waals surface area contributed by atoms with Crippen molar-refractivity contribution in [2.24, 2.45) is 0 Å². The van der Waals surface area contributed by atoms with Crippen molar-refractivity contribution in [1.29, 1.82) is 0 Å². The fourth-order valence-electron chi connectivity index (χ4n) is 1.18. The zero-order chi connectivity index (χ0) is 14.6. The Morgan fingerprint density at radius 1 is 1.42 bits per heavy atom. The summed E-state index contributed by atoms with van der Waals surface area (Å²) in [5.41, 5.74) is -1.79. The third-order valence-corrected chi connectivity index (χ3v) is 4.31. The Balaban J connectivity index is 3.02. The van der Waals surface area contributed by atoms with E-state index >= 15 is 0 Å². The van der Waals surface area contributed by atoms with Crippen LogP contribution in [0.4, 0.5) is 18.9 Å². The van der Waals surface area contributed by atoms with Crippen LogP contribution in [0.5, 0.6) is 5.75 Å². The molecule has 0 aliphatic rings. The first kappa shape index (κ1) is 16.2. The van der Waals surface area contributed by atoms with E-state index in [1.165, 1.54) is 0 Å². The SMILES string of the molecule is O=[N+]([O-])c1cc(C(F)(F)F)ccc1OC[C@H](Br)CBr. The summed E-state index contributed by atoms with van der Waals surface area (Å²) >= 11 is 6.38. The van der Waals surface area contributed by atoms with Crippen LogP contribution in [0.2, 0.25) is 0 Å². The van der Waals surface area contributed by atoms with E-state index in [4.69, 9.17) is 4.74 Å². The van der Waals surface area contributed by atoms with E-state index in [0.29, 0.717) is 11.4 Å². The van der Waals surface area contributed by atoms with Gasteiger partial charge in [-0.05, 0) is 12.1 Å². The minimum Gasteiger partial charge on any atom is -0.486 e. The highest BCUT2D eigenvalue weighted by molar-refractivity contribution is 9.12. The second kappa shape index (κ2) is 6.56. The van der Waals surface area contributed by atoms with E-state index in [1.807, 2.05) is 0 Å². The number of rotatable bonds is 5. The van der Waals surface area contributed by atoms with Gasteiger partial charge in [-0.15, -0.1) is 0 Å². The summed E-state index contributed by atoms with van der Waals surface area (Å²) in [5, 5.41) is 11.3.